The Morgan fingerprint density at radius 2 is 2.36 bits per heavy atom. The van der Waals surface area contributed by atoms with Crippen molar-refractivity contribution in [3.8, 4) is 0 Å². The van der Waals surface area contributed by atoms with E-state index in [1.54, 1.807) is 0 Å². The molecule has 0 aromatic carbocycles. The molecule has 1 heterocycles. The molecule has 1 rings (SSSR count). The van der Waals surface area contributed by atoms with Crippen LogP contribution < -0.4 is 10.6 Å². The molecule has 2 atom stereocenters. The van der Waals surface area contributed by atoms with E-state index in [0.29, 0.717) is 18.6 Å². The summed E-state index contributed by atoms with van der Waals surface area (Å²) >= 11 is 0. The highest BCUT2D eigenvalue weighted by Gasteiger charge is 2.11. The van der Waals surface area contributed by atoms with Gasteiger partial charge in [0.25, 0.3) is 0 Å². The maximum Gasteiger partial charge on any atom is 0.0434 e. The molecule has 1 fully saturated rings. The van der Waals surface area contributed by atoms with E-state index in [-0.39, 0.29) is 0 Å². The van der Waals surface area contributed by atoms with Gasteiger partial charge in [-0.2, -0.15) is 0 Å². The van der Waals surface area contributed by atoms with Crippen LogP contribution in [0.5, 0.6) is 0 Å². The summed E-state index contributed by atoms with van der Waals surface area (Å²) in [7, 11) is 0. The number of hydrogen-bond acceptors (Lipinski definition) is 3. The first kappa shape index (κ1) is 12.0. The monoisotopic (exact) mass is 200 g/mol. The van der Waals surface area contributed by atoms with Gasteiger partial charge in [0.05, 0.1) is 0 Å². The van der Waals surface area contributed by atoms with Crippen molar-refractivity contribution in [2.75, 3.05) is 26.2 Å². The molecule has 0 radical (unpaired) electrons. The summed E-state index contributed by atoms with van der Waals surface area (Å²) in [5.74, 6) is 0.587. The molecule has 0 aromatic heterocycles. The second-order valence-corrected chi connectivity index (χ2v) is 4.42. The lowest BCUT2D eigenvalue weighted by Gasteiger charge is -2.24. The SMILES string of the molecule is CC(CCO)CNCC1CCCCN1. The number of hydrogen-bond donors (Lipinski definition) is 3. The van der Waals surface area contributed by atoms with Crippen LogP contribution in [0.2, 0.25) is 0 Å². The number of aliphatic hydroxyl groups is 1. The van der Waals surface area contributed by atoms with Crippen LogP contribution in [0.3, 0.4) is 0 Å². The van der Waals surface area contributed by atoms with Crippen molar-refractivity contribution < 1.29 is 5.11 Å². The number of nitrogens with one attached hydrogen (secondary N) is 2. The Morgan fingerprint density at radius 1 is 1.50 bits per heavy atom. The van der Waals surface area contributed by atoms with Crippen molar-refractivity contribution in [1.29, 1.82) is 0 Å². The lowest BCUT2D eigenvalue weighted by Crippen LogP contribution is -2.42. The maximum atomic E-state index is 8.74. The maximum absolute atomic E-state index is 8.74. The Hall–Kier alpha value is -0.120. The van der Waals surface area contributed by atoms with E-state index in [2.05, 4.69) is 17.6 Å². The topological polar surface area (TPSA) is 44.3 Å². The molecule has 0 saturated carbocycles. The van der Waals surface area contributed by atoms with Gasteiger partial charge in [-0.05, 0) is 38.3 Å². The minimum Gasteiger partial charge on any atom is -0.396 e. The lowest BCUT2D eigenvalue weighted by atomic mass is 10.0. The third-order valence-electron chi connectivity index (χ3n) is 2.92. The minimum atomic E-state index is 0.310. The van der Waals surface area contributed by atoms with Gasteiger partial charge in [-0.1, -0.05) is 13.3 Å². The molecule has 1 saturated heterocycles. The Balaban J connectivity index is 1.96. The van der Waals surface area contributed by atoms with Crippen LogP contribution in [-0.4, -0.2) is 37.4 Å². The van der Waals surface area contributed by atoms with Crippen LogP contribution in [0.1, 0.15) is 32.6 Å². The second kappa shape index (κ2) is 7.21. The molecular formula is C11H24N2O. The first-order chi connectivity index (χ1) is 6.83. The molecule has 0 bridgehead atoms. The van der Waals surface area contributed by atoms with Gasteiger partial charge in [-0.15, -0.1) is 0 Å². The fourth-order valence-corrected chi connectivity index (χ4v) is 1.92. The van der Waals surface area contributed by atoms with Crippen molar-refractivity contribution in [3.63, 3.8) is 0 Å². The van der Waals surface area contributed by atoms with E-state index in [9.17, 15) is 0 Å². The highest BCUT2D eigenvalue weighted by atomic mass is 16.3. The van der Waals surface area contributed by atoms with Crippen molar-refractivity contribution in [1.82, 2.24) is 10.6 Å². The summed E-state index contributed by atoms with van der Waals surface area (Å²) in [5, 5.41) is 15.7. The Labute approximate surface area is 87.3 Å². The molecule has 2 unspecified atom stereocenters. The van der Waals surface area contributed by atoms with Gasteiger partial charge in [-0.3, -0.25) is 0 Å². The third-order valence-corrected chi connectivity index (χ3v) is 2.92. The zero-order valence-corrected chi connectivity index (χ0v) is 9.26. The Morgan fingerprint density at radius 3 is 3.00 bits per heavy atom. The quantitative estimate of drug-likeness (QED) is 0.592. The summed E-state index contributed by atoms with van der Waals surface area (Å²) in [5.41, 5.74) is 0. The second-order valence-electron chi connectivity index (χ2n) is 4.42. The van der Waals surface area contributed by atoms with Crippen LogP contribution in [0.4, 0.5) is 0 Å². The van der Waals surface area contributed by atoms with E-state index in [4.69, 9.17) is 5.11 Å². The fraction of sp³-hybridized carbons (Fsp3) is 1.00. The largest absolute Gasteiger partial charge is 0.396 e. The zero-order valence-electron chi connectivity index (χ0n) is 9.26. The third kappa shape index (κ3) is 4.94. The molecule has 0 spiro atoms. The molecule has 3 heteroatoms. The molecule has 14 heavy (non-hydrogen) atoms. The summed E-state index contributed by atoms with van der Waals surface area (Å²) in [6, 6.07) is 0.671. The van der Waals surface area contributed by atoms with E-state index < -0.39 is 0 Å². The number of rotatable bonds is 6. The van der Waals surface area contributed by atoms with Gasteiger partial charge >= 0.3 is 0 Å². The molecular weight excluding hydrogens is 176 g/mol. The first-order valence-corrected chi connectivity index (χ1v) is 5.88. The van der Waals surface area contributed by atoms with Gasteiger partial charge < -0.3 is 15.7 Å². The standard InChI is InChI=1S/C11H24N2O/c1-10(5-7-14)8-12-9-11-4-2-3-6-13-11/h10-14H,2-9H2,1H3. The van der Waals surface area contributed by atoms with Crippen LogP contribution in [-0.2, 0) is 0 Å². The van der Waals surface area contributed by atoms with E-state index in [1.807, 2.05) is 0 Å². The highest BCUT2D eigenvalue weighted by molar-refractivity contribution is 4.74. The summed E-state index contributed by atoms with van der Waals surface area (Å²) in [6.07, 6.45) is 4.91. The Bertz CT molecular complexity index is 135. The van der Waals surface area contributed by atoms with E-state index >= 15 is 0 Å². The molecule has 3 nitrogen and oxygen atoms in total. The Kier molecular flexibility index (Phi) is 6.15. The van der Waals surface area contributed by atoms with E-state index in [0.717, 1.165) is 19.5 Å². The number of aliphatic hydroxyl groups excluding tert-OH is 1. The van der Waals surface area contributed by atoms with E-state index in [1.165, 1.54) is 25.8 Å². The predicted molar refractivity (Wildman–Crippen MR) is 59.4 cm³/mol. The zero-order chi connectivity index (χ0) is 10.2. The van der Waals surface area contributed by atoms with Crippen molar-refractivity contribution >= 4 is 0 Å². The number of piperidine rings is 1. The van der Waals surface area contributed by atoms with Crippen LogP contribution in [0, 0.1) is 5.92 Å². The van der Waals surface area contributed by atoms with Gasteiger partial charge in [0, 0.05) is 19.2 Å². The fourth-order valence-electron chi connectivity index (χ4n) is 1.92. The average Bonchev–Trinajstić information content (AvgIpc) is 2.20. The highest BCUT2D eigenvalue weighted by Crippen LogP contribution is 2.06. The van der Waals surface area contributed by atoms with Crippen molar-refractivity contribution in [2.24, 2.45) is 5.92 Å². The van der Waals surface area contributed by atoms with Gasteiger partial charge in [0.2, 0.25) is 0 Å². The summed E-state index contributed by atoms with van der Waals surface area (Å²) in [4.78, 5) is 0. The van der Waals surface area contributed by atoms with Gasteiger partial charge in [0.15, 0.2) is 0 Å². The first-order valence-electron chi connectivity index (χ1n) is 5.88. The predicted octanol–water partition coefficient (Wildman–Crippen LogP) is 0.737. The molecule has 1 aliphatic heterocycles. The molecule has 0 aliphatic carbocycles. The summed E-state index contributed by atoms with van der Waals surface area (Å²) in [6.45, 7) is 5.77. The normalized spacial score (nSPS) is 24.9. The molecule has 0 amide bonds. The smallest absolute Gasteiger partial charge is 0.0434 e. The van der Waals surface area contributed by atoms with Crippen molar-refractivity contribution in [3.05, 3.63) is 0 Å². The molecule has 84 valence electrons. The molecule has 3 N–H and O–H groups in total. The average molecular weight is 200 g/mol. The molecule has 0 aromatic rings. The molecule has 1 aliphatic rings. The summed E-state index contributed by atoms with van der Waals surface area (Å²) < 4.78 is 0. The van der Waals surface area contributed by atoms with Crippen molar-refractivity contribution in [2.45, 2.75) is 38.6 Å². The van der Waals surface area contributed by atoms with Crippen LogP contribution in [0.25, 0.3) is 0 Å². The lowest BCUT2D eigenvalue weighted by molar-refractivity contribution is 0.258. The van der Waals surface area contributed by atoms with Crippen LogP contribution >= 0.6 is 0 Å². The van der Waals surface area contributed by atoms with Gasteiger partial charge in [-0.25, -0.2) is 0 Å². The minimum absolute atomic E-state index is 0.310. The van der Waals surface area contributed by atoms with Crippen LogP contribution in [0.15, 0.2) is 0 Å². The van der Waals surface area contributed by atoms with Gasteiger partial charge in [0.1, 0.15) is 0 Å².